The predicted octanol–water partition coefficient (Wildman–Crippen LogP) is 1.74. The van der Waals surface area contributed by atoms with Crippen LogP contribution in [0.4, 0.5) is 10.1 Å². The number of hydrogen-bond acceptors (Lipinski definition) is 4. The second-order valence-corrected chi connectivity index (χ2v) is 6.63. The standard InChI is InChI=1S/C16H17FN2O4S/c17-14-7-1-2-8-15(14)19-24(22,23)13-6-3-5-12(11-13)16(21)18-9-4-10-20/h1-3,5-8,11,19-20H,4,9-10H2,(H,18,21). The summed E-state index contributed by atoms with van der Waals surface area (Å²) in [5, 5.41) is 11.3. The SMILES string of the molecule is O=C(NCCCO)c1cccc(S(=O)(=O)Nc2ccccc2F)c1. The van der Waals surface area contributed by atoms with Gasteiger partial charge in [0.2, 0.25) is 0 Å². The molecule has 0 unspecified atom stereocenters. The topological polar surface area (TPSA) is 95.5 Å². The number of rotatable bonds is 7. The normalized spacial score (nSPS) is 11.1. The highest BCUT2D eigenvalue weighted by molar-refractivity contribution is 7.92. The number of aliphatic hydroxyl groups excluding tert-OH is 1. The average molecular weight is 352 g/mol. The van der Waals surface area contributed by atoms with E-state index in [0.29, 0.717) is 6.42 Å². The number of carbonyl (C=O) groups is 1. The summed E-state index contributed by atoms with van der Waals surface area (Å²) in [6.07, 6.45) is 0.401. The van der Waals surface area contributed by atoms with Crippen molar-refractivity contribution in [2.75, 3.05) is 17.9 Å². The third kappa shape index (κ3) is 4.53. The van der Waals surface area contributed by atoms with E-state index in [1.54, 1.807) is 0 Å². The number of amides is 1. The second kappa shape index (κ2) is 7.89. The molecule has 6 nitrogen and oxygen atoms in total. The molecule has 0 heterocycles. The number of sulfonamides is 1. The van der Waals surface area contributed by atoms with Crippen LogP contribution < -0.4 is 10.0 Å². The number of benzene rings is 2. The zero-order valence-electron chi connectivity index (χ0n) is 12.7. The molecule has 3 N–H and O–H groups in total. The molecule has 24 heavy (non-hydrogen) atoms. The quantitative estimate of drug-likeness (QED) is 0.662. The van der Waals surface area contributed by atoms with Gasteiger partial charge in [0.25, 0.3) is 15.9 Å². The van der Waals surface area contributed by atoms with Gasteiger partial charge in [-0.3, -0.25) is 9.52 Å². The first kappa shape index (κ1) is 17.9. The molecule has 1 amide bonds. The first-order valence-electron chi connectivity index (χ1n) is 7.20. The van der Waals surface area contributed by atoms with Crippen molar-refractivity contribution in [3.8, 4) is 0 Å². The molecule has 2 aromatic rings. The van der Waals surface area contributed by atoms with Crippen molar-refractivity contribution in [3.05, 3.63) is 59.9 Å². The maximum absolute atomic E-state index is 13.6. The Morgan fingerprint density at radius 1 is 1.12 bits per heavy atom. The summed E-state index contributed by atoms with van der Waals surface area (Å²) in [5.74, 6) is -1.15. The Kier molecular flexibility index (Phi) is 5.88. The van der Waals surface area contributed by atoms with E-state index in [9.17, 15) is 17.6 Å². The summed E-state index contributed by atoms with van der Waals surface area (Å²) >= 11 is 0. The van der Waals surface area contributed by atoms with Crippen LogP contribution in [0.15, 0.2) is 53.4 Å². The molecule has 0 radical (unpaired) electrons. The molecule has 0 fully saturated rings. The van der Waals surface area contributed by atoms with Crippen LogP contribution >= 0.6 is 0 Å². The van der Waals surface area contributed by atoms with Crippen LogP contribution in [0.1, 0.15) is 16.8 Å². The molecular formula is C16H17FN2O4S. The van der Waals surface area contributed by atoms with Crippen LogP contribution in [-0.4, -0.2) is 32.6 Å². The molecule has 0 aliphatic carbocycles. The molecule has 0 atom stereocenters. The summed E-state index contributed by atoms with van der Waals surface area (Å²) in [6.45, 7) is 0.223. The molecular weight excluding hydrogens is 335 g/mol. The lowest BCUT2D eigenvalue weighted by molar-refractivity contribution is 0.0951. The number of aliphatic hydroxyl groups is 1. The fourth-order valence-corrected chi connectivity index (χ4v) is 3.05. The van der Waals surface area contributed by atoms with Gasteiger partial charge in [-0.25, -0.2) is 12.8 Å². The fourth-order valence-electron chi connectivity index (χ4n) is 1.94. The number of anilines is 1. The largest absolute Gasteiger partial charge is 0.396 e. The summed E-state index contributed by atoms with van der Waals surface area (Å²) in [4.78, 5) is 11.8. The molecule has 0 saturated heterocycles. The minimum atomic E-state index is -4.03. The van der Waals surface area contributed by atoms with Crippen LogP contribution in [0.25, 0.3) is 0 Å². The number of para-hydroxylation sites is 1. The van der Waals surface area contributed by atoms with Crippen LogP contribution in [-0.2, 0) is 10.0 Å². The summed E-state index contributed by atoms with van der Waals surface area (Å²) in [7, 11) is -4.03. The number of hydrogen-bond donors (Lipinski definition) is 3. The van der Waals surface area contributed by atoms with E-state index in [0.717, 1.165) is 6.07 Å². The van der Waals surface area contributed by atoms with Gasteiger partial charge in [-0.15, -0.1) is 0 Å². The third-order valence-electron chi connectivity index (χ3n) is 3.15. The van der Waals surface area contributed by atoms with E-state index in [4.69, 9.17) is 5.11 Å². The van der Waals surface area contributed by atoms with E-state index >= 15 is 0 Å². The van der Waals surface area contributed by atoms with Crippen molar-refractivity contribution in [1.29, 1.82) is 0 Å². The van der Waals surface area contributed by atoms with Gasteiger partial charge >= 0.3 is 0 Å². The van der Waals surface area contributed by atoms with Crippen molar-refractivity contribution < 1.29 is 22.7 Å². The number of halogens is 1. The van der Waals surface area contributed by atoms with Crippen molar-refractivity contribution in [3.63, 3.8) is 0 Å². The van der Waals surface area contributed by atoms with Crippen LogP contribution in [0, 0.1) is 5.82 Å². The highest BCUT2D eigenvalue weighted by atomic mass is 32.2. The maximum Gasteiger partial charge on any atom is 0.262 e. The molecule has 0 saturated carbocycles. The van der Waals surface area contributed by atoms with Crippen molar-refractivity contribution in [2.24, 2.45) is 0 Å². The van der Waals surface area contributed by atoms with Crippen LogP contribution in [0.5, 0.6) is 0 Å². The van der Waals surface area contributed by atoms with Gasteiger partial charge in [-0.2, -0.15) is 0 Å². The maximum atomic E-state index is 13.6. The highest BCUT2D eigenvalue weighted by Gasteiger charge is 2.17. The smallest absolute Gasteiger partial charge is 0.262 e. The monoisotopic (exact) mass is 352 g/mol. The van der Waals surface area contributed by atoms with Crippen molar-refractivity contribution in [1.82, 2.24) is 5.32 Å². The van der Waals surface area contributed by atoms with Crippen molar-refractivity contribution in [2.45, 2.75) is 11.3 Å². The summed E-state index contributed by atoms with van der Waals surface area (Å²) in [5.41, 5.74) is -0.0142. The Bertz CT molecular complexity index is 824. The molecule has 0 spiro atoms. The minimum absolute atomic E-state index is 0.0543. The zero-order chi connectivity index (χ0) is 17.6. The van der Waals surface area contributed by atoms with E-state index in [-0.39, 0.29) is 29.3 Å². The summed E-state index contributed by atoms with van der Waals surface area (Å²) in [6, 6.07) is 10.8. The third-order valence-corrected chi connectivity index (χ3v) is 4.51. The van der Waals surface area contributed by atoms with E-state index < -0.39 is 21.7 Å². The Labute approximate surface area is 139 Å². The van der Waals surface area contributed by atoms with E-state index in [1.807, 2.05) is 0 Å². The lowest BCUT2D eigenvalue weighted by Crippen LogP contribution is -2.25. The van der Waals surface area contributed by atoms with E-state index in [1.165, 1.54) is 42.5 Å². The lowest BCUT2D eigenvalue weighted by Gasteiger charge is -2.10. The molecule has 0 aliphatic heterocycles. The lowest BCUT2D eigenvalue weighted by atomic mass is 10.2. The Hall–Kier alpha value is -2.45. The van der Waals surface area contributed by atoms with Gasteiger partial charge in [0, 0.05) is 18.7 Å². The first-order valence-corrected chi connectivity index (χ1v) is 8.69. The van der Waals surface area contributed by atoms with Gasteiger partial charge in [-0.1, -0.05) is 18.2 Å². The van der Waals surface area contributed by atoms with Gasteiger partial charge in [0.1, 0.15) is 5.82 Å². The highest BCUT2D eigenvalue weighted by Crippen LogP contribution is 2.19. The molecule has 8 heteroatoms. The predicted molar refractivity (Wildman–Crippen MR) is 87.7 cm³/mol. The first-order chi connectivity index (χ1) is 11.4. The van der Waals surface area contributed by atoms with Crippen LogP contribution in [0.2, 0.25) is 0 Å². The summed E-state index contributed by atoms with van der Waals surface area (Å²) < 4.78 is 40.5. The zero-order valence-corrected chi connectivity index (χ0v) is 13.5. The Morgan fingerprint density at radius 3 is 2.58 bits per heavy atom. The minimum Gasteiger partial charge on any atom is -0.396 e. The Morgan fingerprint density at radius 2 is 1.88 bits per heavy atom. The molecule has 2 rings (SSSR count). The number of nitrogens with one attached hydrogen (secondary N) is 2. The van der Waals surface area contributed by atoms with Gasteiger partial charge in [0.15, 0.2) is 0 Å². The van der Waals surface area contributed by atoms with Gasteiger partial charge in [-0.05, 0) is 36.8 Å². The second-order valence-electron chi connectivity index (χ2n) is 4.95. The molecule has 0 aliphatic rings. The molecule has 128 valence electrons. The average Bonchev–Trinajstić information content (AvgIpc) is 2.57. The van der Waals surface area contributed by atoms with Crippen molar-refractivity contribution >= 4 is 21.6 Å². The molecule has 0 aromatic heterocycles. The van der Waals surface area contributed by atoms with Gasteiger partial charge < -0.3 is 10.4 Å². The molecule has 0 bridgehead atoms. The van der Waals surface area contributed by atoms with E-state index in [2.05, 4.69) is 10.0 Å². The number of carbonyl (C=O) groups excluding carboxylic acids is 1. The Balaban J connectivity index is 2.20. The molecule has 2 aromatic carbocycles. The fraction of sp³-hybridized carbons (Fsp3) is 0.188. The van der Waals surface area contributed by atoms with Gasteiger partial charge in [0.05, 0.1) is 10.6 Å². The van der Waals surface area contributed by atoms with Crippen LogP contribution in [0.3, 0.4) is 0 Å².